The molecule has 0 saturated carbocycles. The van der Waals surface area contributed by atoms with Gasteiger partial charge in [-0.25, -0.2) is 0 Å². The smallest absolute Gasteiger partial charge is 0.254 e. The molecule has 1 saturated heterocycles. The molecule has 1 aromatic rings. The van der Waals surface area contributed by atoms with Crippen molar-refractivity contribution in [1.29, 1.82) is 0 Å². The van der Waals surface area contributed by atoms with E-state index in [1.165, 1.54) is 0 Å². The van der Waals surface area contributed by atoms with Gasteiger partial charge in [0.15, 0.2) is 0 Å². The predicted molar refractivity (Wildman–Crippen MR) is 79.8 cm³/mol. The molecule has 1 unspecified atom stereocenters. The average molecular weight is 276 g/mol. The molecular weight excluding hydrogens is 252 g/mol. The Labute approximate surface area is 120 Å². The molecule has 0 bridgehead atoms. The van der Waals surface area contributed by atoms with Crippen LogP contribution in [0, 0.1) is 0 Å². The number of amides is 1. The largest absolute Gasteiger partial charge is 0.373 e. The average Bonchev–Trinajstić information content (AvgIpc) is 2.45. The monoisotopic (exact) mass is 276 g/mol. The number of hydrogen-bond acceptors (Lipinski definition) is 3. The van der Waals surface area contributed by atoms with E-state index in [0.717, 1.165) is 11.1 Å². The molecule has 0 radical (unpaired) electrons. The van der Waals surface area contributed by atoms with Gasteiger partial charge in [0.1, 0.15) is 0 Å². The minimum absolute atomic E-state index is 0.0468. The van der Waals surface area contributed by atoms with Crippen LogP contribution in [-0.4, -0.2) is 43.2 Å². The molecular formula is C16H24N2O2. The lowest BCUT2D eigenvalue weighted by Gasteiger charge is -2.33. The summed E-state index contributed by atoms with van der Waals surface area (Å²) in [4.78, 5) is 14.6. The van der Waals surface area contributed by atoms with E-state index in [2.05, 4.69) is 20.8 Å². The van der Waals surface area contributed by atoms with Crippen LogP contribution in [0.4, 0.5) is 0 Å². The van der Waals surface area contributed by atoms with E-state index in [9.17, 15) is 4.79 Å². The van der Waals surface area contributed by atoms with Crippen molar-refractivity contribution >= 4 is 5.91 Å². The number of rotatable bonds is 2. The molecule has 1 atom stereocenters. The summed E-state index contributed by atoms with van der Waals surface area (Å²) in [6.45, 7) is 8.60. The number of hydrogen-bond donors (Lipinski definition) is 1. The van der Waals surface area contributed by atoms with Crippen LogP contribution in [0.2, 0.25) is 0 Å². The van der Waals surface area contributed by atoms with Gasteiger partial charge in [-0.2, -0.15) is 0 Å². The third-order valence-corrected chi connectivity index (χ3v) is 3.65. The minimum atomic E-state index is -0.0498. The molecule has 4 nitrogen and oxygen atoms in total. The first kappa shape index (κ1) is 15.0. The third kappa shape index (κ3) is 3.19. The summed E-state index contributed by atoms with van der Waals surface area (Å²) >= 11 is 0. The third-order valence-electron chi connectivity index (χ3n) is 3.65. The molecule has 2 rings (SSSR count). The Morgan fingerprint density at radius 3 is 2.75 bits per heavy atom. The molecule has 4 heteroatoms. The predicted octanol–water partition coefficient (Wildman–Crippen LogP) is 1.78. The van der Waals surface area contributed by atoms with Gasteiger partial charge in [-0.3, -0.25) is 4.79 Å². The summed E-state index contributed by atoms with van der Waals surface area (Å²) in [5, 5.41) is 0. The fraction of sp³-hybridized carbons (Fsp3) is 0.562. The maximum Gasteiger partial charge on any atom is 0.254 e. The van der Waals surface area contributed by atoms with Gasteiger partial charge in [-0.15, -0.1) is 0 Å². The van der Waals surface area contributed by atoms with Gasteiger partial charge in [-0.05, 0) is 17.0 Å². The zero-order valence-electron chi connectivity index (χ0n) is 12.6. The molecule has 1 heterocycles. The van der Waals surface area contributed by atoms with E-state index in [0.29, 0.717) is 26.2 Å². The van der Waals surface area contributed by atoms with Gasteiger partial charge in [0.2, 0.25) is 0 Å². The van der Waals surface area contributed by atoms with Crippen LogP contribution in [0.25, 0.3) is 0 Å². The quantitative estimate of drug-likeness (QED) is 0.896. The summed E-state index contributed by atoms with van der Waals surface area (Å²) in [6.07, 6.45) is -0.0468. The van der Waals surface area contributed by atoms with Crippen molar-refractivity contribution < 1.29 is 9.53 Å². The fourth-order valence-electron chi connectivity index (χ4n) is 2.54. The highest BCUT2D eigenvalue weighted by molar-refractivity contribution is 5.96. The molecule has 1 aromatic carbocycles. The summed E-state index contributed by atoms with van der Waals surface area (Å²) in [7, 11) is 0. The molecule has 0 aliphatic carbocycles. The van der Waals surface area contributed by atoms with Crippen molar-refractivity contribution in [1.82, 2.24) is 4.90 Å². The number of carbonyl (C=O) groups is 1. The number of nitrogens with two attached hydrogens (primary N) is 1. The molecule has 20 heavy (non-hydrogen) atoms. The summed E-state index contributed by atoms with van der Waals surface area (Å²) in [5.74, 6) is 0.0808. The molecule has 1 aliphatic rings. The molecule has 2 N–H and O–H groups in total. The van der Waals surface area contributed by atoms with Gasteiger partial charge < -0.3 is 15.4 Å². The summed E-state index contributed by atoms with van der Waals surface area (Å²) < 4.78 is 5.52. The highest BCUT2D eigenvalue weighted by Gasteiger charge is 2.28. The maximum atomic E-state index is 12.8. The van der Waals surface area contributed by atoms with Crippen LogP contribution in [0.3, 0.4) is 0 Å². The Morgan fingerprint density at radius 2 is 2.10 bits per heavy atom. The normalized spacial score (nSPS) is 20.0. The van der Waals surface area contributed by atoms with Crippen molar-refractivity contribution in [3.05, 3.63) is 35.4 Å². The molecule has 110 valence electrons. The number of carbonyl (C=O) groups excluding carboxylic acids is 1. The topological polar surface area (TPSA) is 55.6 Å². The van der Waals surface area contributed by atoms with E-state index >= 15 is 0 Å². The van der Waals surface area contributed by atoms with Crippen LogP contribution >= 0.6 is 0 Å². The van der Waals surface area contributed by atoms with E-state index in [4.69, 9.17) is 10.5 Å². The first-order chi connectivity index (χ1) is 9.43. The standard InChI is InChI=1S/C16H24N2O2/c1-16(2,3)14-7-5-4-6-13(14)15(19)18-8-9-20-12(10-17)11-18/h4-7,12H,8-11,17H2,1-3H3. The lowest BCUT2D eigenvalue weighted by molar-refractivity contribution is -0.0168. The summed E-state index contributed by atoms with van der Waals surface area (Å²) in [5.41, 5.74) is 7.46. The van der Waals surface area contributed by atoms with Crippen LogP contribution < -0.4 is 5.73 Å². The molecule has 0 aromatic heterocycles. The lowest BCUT2D eigenvalue weighted by atomic mass is 9.83. The second-order valence-corrected chi connectivity index (χ2v) is 6.28. The number of benzene rings is 1. The van der Waals surface area contributed by atoms with Gasteiger partial charge in [0.05, 0.1) is 12.7 Å². The van der Waals surface area contributed by atoms with E-state index in [1.807, 2.05) is 29.2 Å². The fourth-order valence-corrected chi connectivity index (χ4v) is 2.54. The van der Waals surface area contributed by atoms with Crippen LogP contribution in [-0.2, 0) is 10.2 Å². The van der Waals surface area contributed by atoms with E-state index in [-0.39, 0.29) is 17.4 Å². The van der Waals surface area contributed by atoms with Crippen LogP contribution in [0.15, 0.2) is 24.3 Å². The molecule has 1 aliphatic heterocycles. The van der Waals surface area contributed by atoms with Crippen molar-refractivity contribution in [2.45, 2.75) is 32.3 Å². The van der Waals surface area contributed by atoms with E-state index in [1.54, 1.807) is 0 Å². The van der Waals surface area contributed by atoms with E-state index < -0.39 is 0 Å². The van der Waals surface area contributed by atoms with Gasteiger partial charge in [-0.1, -0.05) is 39.0 Å². The SMILES string of the molecule is CC(C)(C)c1ccccc1C(=O)N1CCOC(CN)C1. The first-order valence-corrected chi connectivity index (χ1v) is 7.14. The Morgan fingerprint density at radius 1 is 1.40 bits per heavy atom. The highest BCUT2D eigenvalue weighted by atomic mass is 16.5. The van der Waals surface area contributed by atoms with Gasteiger partial charge in [0.25, 0.3) is 5.91 Å². The van der Waals surface area contributed by atoms with Crippen LogP contribution in [0.1, 0.15) is 36.7 Å². The molecule has 1 amide bonds. The zero-order chi connectivity index (χ0) is 14.8. The Hall–Kier alpha value is -1.39. The second-order valence-electron chi connectivity index (χ2n) is 6.28. The van der Waals surface area contributed by atoms with Gasteiger partial charge in [0, 0.05) is 25.2 Å². The molecule has 0 spiro atoms. The van der Waals surface area contributed by atoms with Crippen molar-refractivity contribution in [2.75, 3.05) is 26.2 Å². The summed E-state index contributed by atoms with van der Waals surface area (Å²) in [6, 6.07) is 7.85. The number of ether oxygens (including phenoxy) is 1. The maximum absolute atomic E-state index is 12.8. The Bertz CT molecular complexity index is 480. The highest BCUT2D eigenvalue weighted by Crippen LogP contribution is 2.27. The molecule has 1 fully saturated rings. The second kappa shape index (κ2) is 5.94. The minimum Gasteiger partial charge on any atom is -0.373 e. The zero-order valence-corrected chi connectivity index (χ0v) is 12.6. The van der Waals surface area contributed by atoms with Crippen LogP contribution in [0.5, 0.6) is 0 Å². The lowest BCUT2D eigenvalue weighted by Crippen LogP contribution is -2.48. The Kier molecular flexibility index (Phi) is 4.45. The van der Waals surface area contributed by atoms with Crippen molar-refractivity contribution in [2.24, 2.45) is 5.73 Å². The first-order valence-electron chi connectivity index (χ1n) is 7.14. The van der Waals surface area contributed by atoms with Crippen molar-refractivity contribution in [3.63, 3.8) is 0 Å². The van der Waals surface area contributed by atoms with Crippen molar-refractivity contribution in [3.8, 4) is 0 Å². The number of morpholine rings is 1. The number of nitrogens with zero attached hydrogens (tertiary/aromatic N) is 1. The Balaban J connectivity index is 2.25. The van der Waals surface area contributed by atoms with Gasteiger partial charge >= 0.3 is 0 Å².